The topological polar surface area (TPSA) is 52.0 Å². The second-order valence-electron chi connectivity index (χ2n) is 6.08. The van der Waals surface area contributed by atoms with Gasteiger partial charge in [0.15, 0.2) is 18.0 Å². The minimum Gasteiger partial charge on any atom is -0.493 e. The van der Waals surface area contributed by atoms with Gasteiger partial charge in [-0.25, -0.2) is 0 Å². The van der Waals surface area contributed by atoms with Crippen LogP contribution in [-0.2, 0) is 17.9 Å². The van der Waals surface area contributed by atoms with Crippen molar-refractivity contribution in [2.75, 3.05) is 20.2 Å². The summed E-state index contributed by atoms with van der Waals surface area (Å²) in [5, 5.41) is 2.86. The van der Waals surface area contributed by atoms with E-state index in [9.17, 15) is 13.6 Å². The van der Waals surface area contributed by atoms with E-state index >= 15 is 0 Å². The van der Waals surface area contributed by atoms with E-state index in [1.807, 2.05) is 37.3 Å². The van der Waals surface area contributed by atoms with Crippen molar-refractivity contribution in [1.29, 1.82) is 0 Å². The number of nitrogens with one attached hydrogen (secondary N) is 2. The van der Waals surface area contributed by atoms with Gasteiger partial charge in [-0.1, -0.05) is 36.4 Å². The van der Waals surface area contributed by atoms with E-state index in [1.54, 1.807) is 12.1 Å². The summed E-state index contributed by atoms with van der Waals surface area (Å²) in [6, 6.07) is 14.6. The van der Waals surface area contributed by atoms with Gasteiger partial charge < -0.3 is 19.7 Å². The lowest BCUT2D eigenvalue weighted by Gasteiger charge is -2.17. The number of carbonyl (C=O) groups is 1. The molecule has 146 valence electrons. The molecular weight excluding hydrogens is 354 g/mol. The number of quaternary nitrogens is 1. The molecule has 1 atom stereocenters. The first-order valence-corrected chi connectivity index (χ1v) is 8.77. The van der Waals surface area contributed by atoms with Gasteiger partial charge in [0.25, 0.3) is 5.91 Å². The molecule has 2 rings (SSSR count). The molecule has 0 aliphatic carbocycles. The Bertz CT molecular complexity index is 726. The highest BCUT2D eigenvalue weighted by Gasteiger charge is 2.14. The van der Waals surface area contributed by atoms with E-state index in [2.05, 4.69) is 10.1 Å². The van der Waals surface area contributed by atoms with Crippen LogP contribution in [0.2, 0.25) is 0 Å². The maximum atomic E-state index is 12.4. The van der Waals surface area contributed by atoms with Gasteiger partial charge in [-0.3, -0.25) is 4.79 Å². The average Bonchev–Trinajstić information content (AvgIpc) is 2.67. The first kappa shape index (κ1) is 20.6. The standard InChI is InChI=1S/C20H24F2N2O3/c1-3-24(13-15-7-5-4-6-8-15)14-19(25)23-12-16-9-10-17(27-20(21)22)18(11-16)26-2/h4-11,20H,3,12-14H2,1-2H3,(H,23,25)/p+1. The van der Waals surface area contributed by atoms with Gasteiger partial charge in [0.1, 0.15) is 6.54 Å². The second-order valence-corrected chi connectivity index (χ2v) is 6.08. The molecule has 0 heterocycles. The Morgan fingerprint density at radius 1 is 1.11 bits per heavy atom. The van der Waals surface area contributed by atoms with Crippen LogP contribution in [0.5, 0.6) is 11.5 Å². The Hall–Kier alpha value is -2.67. The first-order chi connectivity index (χ1) is 13.0. The molecule has 0 fully saturated rings. The van der Waals surface area contributed by atoms with E-state index in [0.717, 1.165) is 23.6 Å². The number of amides is 1. The van der Waals surface area contributed by atoms with Gasteiger partial charge in [0.2, 0.25) is 0 Å². The molecule has 0 saturated carbocycles. The monoisotopic (exact) mass is 379 g/mol. The number of halogens is 2. The molecule has 0 radical (unpaired) electrons. The molecule has 2 aromatic carbocycles. The summed E-state index contributed by atoms with van der Waals surface area (Å²) in [4.78, 5) is 13.4. The van der Waals surface area contributed by atoms with Crippen LogP contribution in [0, 0.1) is 0 Å². The van der Waals surface area contributed by atoms with Gasteiger partial charge in [0, 0.05) is 12.1 Å². The molecule has 27 heavy (non-hydrogen) atoms. The van der Waals surface area contributed by atoms with E-state index in [0.29, 0.717) is 6.54 Å². The lowest BCUT2D eigenvalue weighted by Crippen LogP contribution is -3.11. The van der Waals surface area contributed by atoms with Gasteiger partial charge in [0.05, 0.1) is 13.7 Å². The summed E-state index contributed by atoms with van der Waals surface area (Å²) >= 11 is 0. The van der Waals surface area contributed by atoms with Gasteiger partial charge >= 0.3 is 6.61 Å². The second kappa shape index (κ2) is 10.5. The van der Waals surface area contributed by atoms with Crippen LogP contribution in [-0.4, -0.2) is 32.7 Å². The van der Waals surface area contributed by atoms with E-state index in [-0.39, 0.29) is 24.0 Å². The lowest BCUT2D eigenvalue weighted by molar-refractivity contribution is -0.904. The Balaban J connectivity index is 1.88. The minimum atomic E-state index is -2.92. The zero-order valence-electron chi connectivity index (χ0n) is 15.5. The van der Waals surface area contributed by atoms with E-state index in [4.69, 9.17) is 4.74 Å². The number of alkyl halides is 2. The molecule has 0 aliphatic heterocycles. The van der Waals surface area contributed by atoms with Crippen LogP contribution in [0.3, 0.4) is 0 Å². The van der Waals surface area contributed by atoms with E-state index in [1.165, 1.54) is 18.7 Å². The Kier molecular flexibility index (Phi) is 8.00. The highest BCUT2D eigenvalue weighted by molar-refractivity contribution is 5.76. The largest absolute Gasteiger partial charge is 0.493 e. The zero-order chi connectivity index (χ0) is 19.6. The van der Waals surface area contributed by atoms with Crippen LogP contribution >= 0.6 is 0 Å². The maximum absolute atomic E-state index is 12.4. The van der Waals surface area contributed by atoms with Crippen LogP contribution < -0.4 is 19.7 Å². The highest BCUT2D eigenvalue weighted by atomic mass is 19.3. The normalized spacial score (nSPS) is 11.9. The minimum absolute atomic E-state index is 0.0351. The number of likely N-dealkylation sites (N-methyl/N-ethyl adjacent to an activating group) is 1. The van der Waals surface area contributed by atoms with Crippen molar-refractivity contribution in [2.24, 2.45) is 0 Å². The van der Waals surface area contributed by atoms with E-state index < -0.39 is 6.61 Å². The molecule has 0 spiro atoms. The summed E-state index contributed by atoms with van der Waals surface area (Å²) in [7, 11) is 1.38. The Morgan fingerprint density at radius 3 is 2.48 bits per heavy atom. The molecule has 5 nitrogen and oxygen atoms in total. The molecule has 7 heteroatoms. The molecule has 0 saturated heterocycles. The Morgan fingerprint density at radius 2 is 1.85 bits per heavy atom. The van der Waals surface area contributed by atoms with Crippen molar-refractivity contribution >= 4 is 5.91 Å². The highest BCUT2D eigenvalue weighted by Crippen LogP contribution is 2.29. The third-order valence-electron chi connectivity index (χ3n) is 4.14. The number of benzene rings is 2. The molecule has 1 amide bonds. The van der Waals surface area contributed by atoms with Crippen molar-refractivity contribution < 1.29 is 27.9 Å². The number of ether oxygens (including phenoxy) is 2. The van der Waals surface area contributed by atoms with Crippen molar-refractivity contribution in [3.05, 3.63) is 59.7 Å². The molecule has 2 N–H and O–H groups in total. The molecular formula is C20H25F2N2O3+. The summed E-state index contributed by atoms with van der Waals surface area (Å²) in [6.45, 7) is 1.37. The van der Waals surface area contributed by atoms with Crippen molar-refractivity contribution in [3.63, 3.8) is 0 Å². The quantitative estimate of drug-likeness (QED) is 0.664. The average molecular weight is 379 g/mol. The summed E-state index contributed by atoms with van der Waals surface area (Å²) in [6.07, 6.45) is 0. The maximum Gasteiger partial charge on any atom is 0.387 e. The first-order valence-electron chi connectivity index (χ1n) is 8.77. The van der Waals surface area contributed by atoms with Crippen molar-refractivity contribution in [2.45, 2.75) is 26.6 Å². The zero-order valence-corrected chi connectivity index (χ0v) is 15.5. The fourth-order valence-electron chi connectivity index (χ4n) is 2.70. The number of rotatable bonds is 10. The third-order valence-corrected chi connectivity index (χ3v) is 4.14. The molecule has 2 aromatic rings. The fraction of sp³-hybridized carbons (Fsp3) is 0.350. The number of hydrogen-bond donors (Lipinski definition) is 2. The summed E-state index contributed by atoms with van der Waals surface area (Å²) < 4.78 is 34.2. The van der Waals surface area contributed by atoms with Crippen LogP contribution in [0.25, 0.3) is 0 Å². The molecule has 1 unspecified atom stereocenters. The number of carbonyl (C=O) groups excluding carboxylic acids is 1. The third kappa shape index (κ3) is 6.86. The summed E-state index contributed by atoms with van der Waals surface area (Å²) in [5.41, 5.74) is 1.92. The van der Waals surface area contributed by atoms with Crippen LogP contribution in [0.1, 0.15) is 18.1 Å². The lowest BCUT2D eigenvalue weighted by atomic mass is 10.2. The number of methoxy groups -OCH3 is 1. The van der Waals surface area contributed by atoms with Crippen LogP contribution in [0.15, 0.2) is 48.5 Å². The van der Waals surface area contributed by atoms with Crippen LogP contribution in [0.4, 0.5) is 8.78 Å². The van der Waals surface area contributed by atoms with Gasteiger partial charge in [-0.15, -0.1) is 0 Å². The van der Waals surface area contributed by atoms with Gasteiger partial charge in [-0.05, 0) is 24.6 Å². The summed E-state index contributed by atoms with van der Waals surface area (Å²) in [5.74, 6) is 0.0913. The predicted molar refractivity (Wildman–Crippen MR) is 98.0 cm³/mol. The smallest absolute Gasteiger partial charge is 0.387 e. The predicted octanol–water partition coefficient (Wildman–Crippen LogP) is 2.02. The van der Waals surface area contributed by atoms with Gasteiger partial charge in [-0.2, -0.15) is 8.78 Å². The molecule has 0 bridgehead atoms. The SMILES string of the molecule is CC[NH+](CC(=O)NCc1ccc(OC(F)F)c(OC)c1)Cc1ccccc1. The molecule has 0 aliphatic rings. The molecule has 0 aromatic heterocycles. The van der Waals surface area contributed by atoms with Crippen molar-refractivity contribution in [3.8, 4) is 11.5 Å². The number of hydrogen-bond acceptors (Lipinski definition) is 3. The fourth-order valence-corrected chi connectivity index (χ4v) is 2.70. The van der Waals surface area contributed by atoms with Crippen molar-refractivity contribution in [1.82, 2.24) is 5.32 Å². The Labute approximate surface area is 157 Å².